The molecule has 2 aromatic carbocycles. The third-order valence-corrected chi connectivity index (χ3v) is 4.52. The van der Waals surface area contributed by atoms with Gasteiger partial charge >= 0.3 is 0 Å². The molecule has 6 heteroatoms. The maximum atomic E-state index is 12.4. The van der Waals surface area contributed by atoms with Crippen LogP contribution in [0.2, 0.25) is 5.02 Å². The number of carbonyl (C=O) groups is 2. The molecule has 0 fully saturated rings. The molecule has 138 valence electrons. The number of ether oxygens (including phenoxy) is 1. The molecule has 26 heavy (non-hydrogen) atoms. The Morgan fingerprint density at radius 3 is 2.31 bits per heavy atom. The van der Waals surface area contributed by atoms with Gasteiger partial charge in [0.25, 0.3) is 5.91 Å². The highest BCUT2D eigenvalue weighted by Crippen LogP contribution is 2.15. The first-order valence-corrected chi connectivity index (χ1v) is 8.87. The van der Waals surface area contributed by atoms with E-state index < -0.39 is 0 Å². The lowest BCUT2D eigenvalue weighted by molar-refractivity contribution is -0.894. The second-order valence-corrected chi connectivity index (χ2v) is 6.68. The fourth-order valence-electron chi connectivity index (χ4n) is 2.34. The largest absolute Gasteiger partial charge is 0.488 e. The molecule has 2 N–H and O–H groups in total. The van der Waals surface area contributed by atoms with Gasteiger partial charge in [0.05, 0.1) is 7.05 Å². The van der Waals surface area contributed by atoms with Crippen molar-refractivity contribution in [1.82, 2.24) is 0 Å². The van der Waals surface area contributed by atoms with E-state index in [1.165, 1.54) is 6.92 Å². The van der Waals surface area contributed by atoms with Crippen LogP contribution < -0.4 is 15.0 Å². The topological polar surface area (TPSA) is 59.8 Å². The zero-order chi connectivity index (χ0) is 19.1. The average molecular weight is 376 g/mol. The Labute approximate surface area is 158 Å². The maximum Gasteiger partial charge on any atom is 0.282 e. The molecule has 0 saturated heterocycles. The van der Waals surface area contributed by atoms with Gasteiger partial charge in [-0.05, 0) is 62.4 Å². The molecule has 0 aliphatic carbocycles. The highest BCUT2D eigenvalue weighted by atomic mass is 35.5. The van der Waals surface area contributed by atoms with Crippen molar-refractivity contribution < 1.29 is 19.2 Å². The molecule has 1 unspecified atom stereocenters. The first-order chi connectivity index (χ1) is 12.4. The molecule has 0 heterocycles. The van der Waals surface area contributed by atoms with Crippen LogP contribution in [0.25, 0.3) is 0 Å². The second-order valence-electron chi connectivity index (χ2n) is 6.24. The van der Waals surface area contributed by atoms with Gasteiger partial charge in [-0.3, -0.25) is 9.59 Å². The third-order valence-electron chi connectivity index (χ3n) is 4.27. The van der Waals surface area contributed by atoms with Gasteiger partial charge in [0.15, 0.2) is 11.8 Å². The number of anilines is 1. The quantitative estimate of drug-likeness (QED) is 0.697. The molecule has 1 amide bonds. The number of halogens is 1. The van der Waals surface area contributed by atoms with Gasteiger partial charge in [0, 0.05) is 16.3 Å². The van der Waals surface area contributed by atoms with Crippen LogP contribution >= 0.6 is 11.6 Å². The first-order valence-electron chi connectivity index (χ1n) is 8.49. The normalized spacial score (nSPS) is 12.9. The van der Waals surface area contributed by atoms with Crippen molar-refractivity contribution in [3.63, 3.8) is 0 Å². The lowest BCUT2D eigenvalue weighted by Gasteiger charge is -2.21. The van der Waals surface area contributed by atoms with E-state index in [0.29, 0.717) is 29.4 Å². The van der Waals surface area contributed by atoms with E-state index in [-0.39, 0.29) is 17.7 Å². The van der Waals surface area contributed by atoms with Crippen molar-refractivity contribution in [2.75, 3.05) is 25.5 Å². The molecule has 2 aromatic rings. The maximum absolute atomic E-state index is 12.4. The van der Waals surface area contributed by atoms with Crippen LogP contribution in [0.4, 0.5) is 5.69 Å². The van der Waals surface area contributed by atoms with Crippen LogP contribution in [-0.4, -0.2) is 37.9 Å². The minimum absolute atomic E-state index is 0.00103. The molecule has 0 saturated carbocycles. The highest BCUT2D eigenvalue weighted by molar-refractivity contribution is 6.30. The SMILES string of the molecule is CC(=O)c1ccc(NC(=O)[C@@H](C)[NH+](C)CCOc2ccc(Cl)cc2)cc1. The van der Waals surface area contributed by atoms with Gasteiger partial charge in [-0.25, -0.2) is 0 Å². The summed E-state index contributed by atoms with van der Waals surface area (Å²) in [6.07, 6.45) is 0. The first kappa shape index (κ1) is 19.9. The summed E-state index contributed by atoms with van der Waals surface area (Å²) in [7, 11) is 1.95. The van der Waals surface area contributed by atoms with Gasteiger partial charge in [-0.1, -0.05) is 11.6 Å². The van der Waals surface area contributed by atoms with Gasteiger partial charge in [-0.15, -0.1) is 0 Å². The molecule has 0 bridgehead atoms. The summed E-state index contributed by atoms with van der Waals surface area (Å²) in [5.41, 5.74) is 1.30. The molecule has 2 atom stereocenters. The summed E-state index contributed by atoms with van der Waals surface area (Å²) >= 11 is 5.84. The number of ketones is 1. The molecule has 0 aliphatic heterocycles. The van der Waals surface area contributed by atoms with Gasteiger partial charge in [0.2, 0.25) is 0 Å². The standard InChI is InChI=1S/C20H23ClN2O3/c1-14(20(25)22-18-8-4-16(5-9-18)15(2)24)23(3)12-13-26-19-10-6-17(21)7-11-19/h4-11,14H,12-13H2,1-3H3,(H,22,25)/p+1/t14-/m1/s1. The number of nitrogens with one attached hydrogen (secondary N) is 2. The van der Waals surface area contributed by atoms with Crippen LogP contribution in [0.5, 0.6) is 5.75 Å². The Morgan fingerprint density at radius 2 is 1.73 bits per heavy atom. The fourth-order valence-corrected chi connectivity index (χ4v) is 2.47. The van der Waals surface area contributed by atoms with Gasteiger partial charge < -0.3 is 15.0 Å². The van der Waals surface area contributed by atoms with E-state index in [9.17, 15) is 9.59 Å². The highest BCUT2D eigenvalue weighted by Gasteiger charge is 2.21. The Balaban J connectivity index is 1.80. The summed E-state index contributed by atoms with van der Waals surface area (Å²) in [6, 6.07) is 13.8. The molecule has 0 aliphatic rings. The van der Waals surface area contributed by atoms with Crippen LogP contribution in [0.1, 0.15) is 24.2 Å². The number of hydrogen-bond donors (Lipinski definition) is 2. The van der Waals surface area contributed by atoms with Crippen molar-refractivity contribution in [2.24, 2.45) is 0 Å². The van der Waals surface area contributed by atoms with E-state index in [0.717, 1.165) is 10.6 Å². The van der Waals surface area contributed by atoms with E-state index in [1.807, 2.05) is 26.1 Å². The predicted octanol–water partition coefficient (Wildman–Crippen LogP) is 2.46. The predicted molar refractivity (Wildman–Crippen MR) is 103 cm³/mol. The van der Waals surface area contributed by atoms with Crippen LogP contribution in [0, 0.1) is 0 Å². The van der Waals surface area contributed by atoms with E-state index in [4.69, 9.17) is 16.3 Å². The lowest BCUT2D eigenvalue weighted by Crippen LogP contribution is -3.14. The van der Waals surface area contributed by atoms with Gasteiger partial charge in [0.1, 0.15) is 18.9 Å². The number of quaternary nitrogens is 1. The zero-order valence-electron chi connectivity index (χ0n) is 15.2. The molecule has 0 radical (unpaired) electrons. The van der Waals surface area contributed by atoms with E-state index >= 15 is 0 Å². The summed E-state index contributed by atoms with van der Waals surface area (Å²) < 4.78 is 5.67. The number of carbonyl (C=O) groups excluding carboxylic acids is 2. The van der Waals surface area contributed by atoms with Crippen molar-refractivity contribution >= 4 is 29.0 Å². The number of benzene rings is 2. The Hall–Kier alpha value is -2.37. The molecule has 0 spiro atoms. The lowest BCUT2D eigenvalue weighted by atomic mass is 10.1. The Morgan fingerprint density at radius 1 is 1.12 bits per heavy atom. The van der Waals surface area contributed by atoms with Crippen molar-refractivity contribution in [1.29, 1.82) is 0 Å². The summed E-state index contributed by atoms with van der Waals surface area (Å²) in [5.74, 6) is 0.676. The molecule has 5 nitrogen and oxygen atoms in total. The number of likely N-dealkylation sites (N-methyl/N-ethyl adjacent to an activating group) is 1. The minimum Gasteiger partial charge on any atom is -0.488 e. The molecule has 0 aromatic heterocycles. The summed E-state index contributed by atoms with van der Waals surface area (Å²) in [4.78, 5) is 24.7. The second kappa shape index (κ2) is 9.36. The van der Waals surface area contributed by atoms with E-state index in [1.54, 1.807) is 36.4 Å². The Bertz CT molecular complexity index is 745. The van der Waals surface area contributed by atoms with Crippen molar-refractivity contribution in [3.8, 4) is 5.75 Å². The number of amides is 1. The average Bonchev–Trinajstić information content (AvgIpc) is 2.63. The van der Waals surface area contributed by atoms with Gasteiger partial charge in [-0.2, -0.15) is 0 Å². The number of Topliss-reactive ketones (excluding diaryl/α,β-unsaturated/α-hetero) is 1. The minimum atomic E-state index is -0.240. The summed E-state index contributed by atoms with van der Waals surface area (Å²) in [6.45, 7) is 4.57. The Kier molecular flexibility index (Phi) is 7.18. The molecular formula is C20H24ClN2O3+. The van der Waals surface area contributed by atoms with E-state index in [2.05, 4.69) is 5.32 Å². The van der Waals surface area contributed by atoms with Crippen molar-refractivity contribution in [2.45, 2.75) is 19.9 Å². The number of rotatable bonds is 8. The van der Waals surface area contributed by atoms with Crippen LogP contribution in [0.15, 0.2) is 48.5 Å². The fraction of sp³-hybridized carbons (Fsp3) is 0.300. The molecular weight excluding hydrogens is 352 g/mol. The monoisotopic (exact) mass is 375 g/mol. The van der Waals surface area contributed by atoms with Crippen molar-refractivity contribution in [3.05, 3.63) is 59.1 Å². The van der Waals surface area contributed by atoms with Crippen LogP contribution in [-0.2, 0) is 4.79 Å². The smallest absolute Gasteiger partial charge is 0.282 e. The summed E-state index contributed by atoms with van der Waals surface area (Å²) in [5, 5.41) is 3.54. The number of hydrogen-bond acceptors (Lipinski definition) is 3. The third kappa shape index (κ3) is 5.86. The van der Waals surface area contributed by atoms with Crippen LogP contribution in [0.3, 0.4) is 0 Å². The zero-order valence-corrected chi connectivity index (χ0v) is 16.0. The molecule has 2 rings (SSSR count).